The van der Waals surface area contributed by atoms with E-state index in [0.29, 0.717) is 37.7 Å². The average Bonchev–Trinajstić information content (AvgIpc) is 2.73. The number of carbonyl (C=O) groups excluding carboxylic acids is 1. The number of nitrogens with zero attached hydrogens (tertiary/aromatic N) is 4. The molecule has 1 aromatic heterocycles. The molecule has 0 saturated carbocycles. The molecule has 2 heterocycles. The van der Waals surface area contributed by atoms with E-state index in [1.54, 1.807) is 6.92 Å². The first kappa shape index (κ1) is 21.5. The predicted molar refractivity (Wildman–Crippen MR) is 104 cm³/mol. The summed E-state index contributed by atoms with van der Waals surface area (Å²) in [5.41, 5.74) is -0.388. The van der Waals surface area contributed by atoms with Crippen molar-refractivity contribution >= 4 is 23.1 Å². The van der Waals surface area contributed by atoms with Crippen LogP contribution < -0.4 is 10.2 Å². The van der Waals surface area contributed by atoms with Gasteiger partial charge in [-0.3, -0.25) is 19.8 Å². The third-order valence-corrected chi connectivity index (χ3v) is 4.99. The zero-order valence-corrected chi connectivity index (χ0v) is 16.1. The van der Waals surface area contributed by atoms with Gasteiger partial charge in [-0.25, -0.2) is 4.98 Å². The van der Waals surface area contributed by atoms with Crippen molar-refractivity contribution in [2.45, 2.75) is 19.1 Å². The molecule has 0 spiro atoms. The molecule has 1 N–H and O–H groups in total. The SMILES string of the molecule is CC(C(=O)Nc1ccc([N+](=O)[O-])cc1)N1CCN(c2ccc(C(F)(F)F)cn2)CC1. The molecule has 160 valence electrons. The molecule has 1 aliphatic heterocycles. The fraction of sp³-hybridized carbons (Fsp3) is 0.368. The minimum absolute atomic E-state index is 0.0611. The first-order valence-corrected chi connectivity index (χ1v) is 9.23. The van der Waals surface area contributed by atoms with E-state index in [4.69, 9.17) is 0 Å². The van der Waals surface area contributed by atoms with Crippen molar-refractivity contribution in [1.29, 1.82) is 0 Å². The molecule has 0 aliphatic carbocycles. The molecule has 1 fully saturated rings. The van der Waals surface area contributed by atoms with E-state index in [9.17, 15) is 28.1 Å². The number of carbonyl (C=O) groups is 1. The number of aromatic nitrogens is 1. The maximum absolute atomic E-state index is 12.7. The van der Waals surface area contributed by atoms with Crippen LogP contribution in [0, 0.1) is 10.1 Å². The molecule has 1 atom stereocenters. The van der Waals surface area contributed by atoms with Crippen molar-refractivity contribution in [2.75, 3.05) is 36.4 Å². The molecule has 1 saturated heterocycles. The van der Waals surface area contributed by atoms with Crippen LogP contribution in [-0.4, -0.2) is 52.9 Å². The Labute approximate surface area is 170 Å². The van der Waals surface area contributed by atoms with Crippen molar-refractivity contribution in [2.24, 2.45) is 0 Å². The Kier molecular flexibility index (Phi) is 6.20. The maximum atomic E-state index is 12.7. The number of halogens is 3. The second-order valence-electron chi connectivity index (χ2n) is 6.90. The number of amides is 1. The van der Waals surface area contributed by atoms with Crippen LogP contribution in [-0.2, 0) is 11.0 Å². The second kappa shape index (κ2) is 8.66. The zero-order chi connectivity index (χ0) is 21.9. The van der Waals surface area contributed by atoms with Crippen molar-refractivity contribution in [3.63, 3.8) is 0 Å². The lowest BCUT2D eigenvalue weighted by Gasteiger charge is -2.38. The fourth-order valence-electron chi connectivity index (χ4n) is 3.16. The third-order valence-electron chi connectivity index (χ3n) is 4.99. The van der Waals surface area contributed by atoms with Crippen LogP contribution in [0.15, 0.2) is 42.6 Å². The van der Waals surface area contributed by atoms with Gasteiger partial charge in [-0.05, 0) is 31.2 Å². The van der Waals surface area contributed by atoms with E-state index in [1.165, 1.54) is 30.3 Å². The molecule has 1 amide bonds. The molecular weight excluding hydrogens is 403 g/mol. The Morgan fingerprint density at radius 3 is 2.27 bits per heavy atom. The molecule has 8 nitrogen and oxygen atoms in total. The number of hydrogen-bond acceptors (Lipinski definition) is 6. The number of anilines is 2. The van der Waals surface area contributed by atoms with Gasteiger partial charge in [0, 0.05) is 50.2 Å². The normalized spacial score (nSPS) is 16.2. The number of non-ortho nitro benzene ring substituents is 1. The lowest BCUT2D eigenvalue weighted by Crippen LogP contribution is -2.53. The topological polar surface area (TPSA) is 91.6 Å². The molecule has 1 aliphatic rings. The smallest absolute Gasteiger partial charge is 0.354 e. The Morgan fingerprint density at radius 2 is 1.77 bits per heavy atom. The summed E-state index contributed by atoms with van der Waals surface area (Å²) in [5.74, 6) is 0.218. The number of nitro groups is 1. The highest BCUT2D eigenvalue weighted by Gasteiger charge is 2.31. The van der Waals surface area contributed by atoms with E-state index >= 15 is 0 Å². The molecule has 0 radical (unpaired) electrons. The minimum atomic E-state index is -4.42. The van der Waals surface area contributed by atoms with E-state index in [0.717, 1.165) is 12.3 Å². The third kappa shape index (κ3) is 5.03. The molecule has 1 unspecified atom stereocenters. The van der Waals surface area contributed by atoms with Crippen LogP contribution in [0.3, 0.4) is 0 Å². The van der Waals surface area contributed by atoms with Crippen LogP contribution in [0.5, 0.6) is 0 Å². The molecular formula is C19H20F3N5O3. The molecule has 3 rings (SSSR count). The van der Waals surface area contributed by atoms with E-state index < -0.39 is 22.7 Å². The van der Waals surface area contributed by atoms with Gasteiger partial charge in [-0.1, -0.05) is 0 Å². The fourth-order valence-corrected chi connectivity index (χ4v) is 3.16. The maximum Gasteiger partial charge on any atom is 0.417 e. The summed E-state index contributed by atoms with van der Waals surface area (Å²) < 4.78 is 38.0. The predicted octanol–water partition coefficient (Wildman–Crippen LogP) is 3.16. The van der Waals surface area contributed by atoms with Crippen LogP contribution in [0.2, 0.25) is 0 Å². The summed E-state index contributed by atoms with van der Waals surface area (Å²) in [6.45, 7) is 3.88. The van der Waals surface area contributed by atoms with Crippen LogP contribution in [0.4, 0.5) is 30.4 Å². The number of piperazine rings is 1. The number of hydrogen-bond donors (Lipinski definition) is 1. The molecule has 2 aromatic rings. The Balaban J connectivity index is 1.53. The Morgan fingerprint density at radius 1 is 1.13 bits per heavy atom. The number of pyridine rings is 1. The molecule has 11 heteroatoms. The van der Waals surface area contributed by atoms with Crippen LogP contribution >= 0.6 is 0 Å². The standard InChI is InChI=1S/C19H20F3N5O3/c1-13(18(28)24-15-3-5-16(6-4-15)27(29)30)25-8-10-26(11-9-25)17-7-2-14(12-23-17)19(20,21)22/h2-7,12-13H,8-11H2,1H3,(H,24,28). The van der Waals surface area contributed by atoms with Crippen LogP contribution in [0.25, 0.3) is 0 Å². The first-order chi connectivity index (χ1) is 14.1. The van der Waals surface area contributed by atoms with Gasteiger partial charge in [-0.2, -0.15) is 13.2 Å². The monoisotopic (exact) mass is 423 g/mol. The van der Waals surface area contributed by atoms with Gasteiger partial charge in [0.2, 0.25) is 5.91 Å². The zero-order valence-electron chi connectivity index (χ0n) is 16.1. The summed E-state index contributed by atoms with van der Waals surface area (Å²) in [5, 5.41) is 13.4. The van der Waals surface area contributed by atoms with Gasteiger partial charge in [0.25, 0.3) is 5.69 Å². The van der Waals surface area contributed by atoms with Gasteiger partial charge in [0.1, 0.15) is 5.82 Å². The highest BCUT2D eigenvalue weighted by atomic mass is 19.4. The first-order valence-electron chi connectivity index (χ1n) is 9.23. The quantitative estimate of drug-likeness (QED) is 0.587. The Hall–Kier alpha value is -3.21. The van der Waals surface area contributed by atoms with Crippen molar-refractivity contribution < 1.29 is 22.9 Å². The molecule has 0 bridgehead atoms. The number of nitrogens with one attached hydrogen (secondary N) is 1. The summed E-state index contributed by atoms with van der Waals surface area (Å²) in [7, 11) is 0. The summed E-state index contributed by atoms with van der Waals surface area (Å²) in [6, 6.07) is 7.49. The molecule has 1 aromatic carbocycles. The van der Waals surface area contributed by atoms with Crippen molar-refractivity contribution in [3.8, 4) is 0 Å². The molecule has 30 heavy (non-hydrogen) atoms. The van der Waals surface area contributed by atoms with Crippen molar-refractivity contribution in [1.82, 2.24) is 9.88 Å². The number of alkyl halides is 3. The highest BCUT2D eigenvalue weighted by Crippen LogP contribution is 2.29. The van der Waals surface area contributed by atoms with Crippen LogP contribution in [0.1, 0.15) is 12.5 Å². The van der Waals surface area contributed by atoms with Gasteiger partial charge < -0.3 is 10.2 Å². The number of nitro benzene ring substituents is 1. The van der Waals surface area contributed by atoms with E-state index in [1.807, 2.05) is 9.80 Å². The minimum Gasteiger partial charge on any atom is -0.354 e. The van der Waals surface area contributed by atoms with Gasteiger partial charge in [0.05, 0.1) is 16.5 Å². The van der Waals surface area contributed by atoms with E-state index in [2.05, 4.69) is 10.3 Å². The lowest BCUT2D eigenvalue weighted by molar-refractivity contribution is -0.384. The van der Waals surface area contributed by atoms with Gasteiger partial charge >= 0.3 is 6.18 Å². The average molecular weight is 423 g/mol. The summed E-state index contributed by atoms with van der Waals surface area (Å²) in [6.07, 6.45) is -3.60. The summed E-state index contributed by atoms with van der Waals surface area (Å²) >= 11 is 0. The Bertz CT molecular complexity index is 895. The van der Waals surface area contributed by atoms with Gasteiger partial charge in [0.15, 0.2) is 0 Å². The summed E-state index contributed by atoms with van der Waals surface area (Å²) in [4.78, 5) is 30.4. The van der Waals surface area contributed by atoms with E-state index in [-0.39, 0.29) is 11.6 Å². The lowest BCUT2D eigenvalue weighted by atomic mass is 10.2. The second-order valence-corrected chi connectivity index (χ2v) is 6.90. The van der Waals surface area contributed by atoms with Gasteiger partial charge in [-0.15, -0.1) is 0 Å². The largest absolute Gasteiger partial charge is 0.417 e. The highest BCUT2D eigenvalue weighted by molar-refractivity contribution is 5.94. The van der Waals surface area contributed by atoms with Crippen molar-refractivity contribution in [3.05, 3.63) is 58.3 Å². The number of benzene rings is 1. The number of rotatable bonds is 5.